The number of rotatable bonds is 6. The van der Waals surface area contributed by atoms with Gasteiger partial charge in [0, 0.05) is 35.0 Å². The van der Waals surface area contributed by atoms with Crippen LogP contribution in [0.25, 0.3) is 0 Å². The van der Waals surface area contributed by atoms with Crippen LogP contribution in [0.15, 0.2) is 48.5 Å². The molecule has 4 atom stereocenters. The molecule has 2 N–H and O–H groups in total. The first-order valence-electron chi connectivity index (χ1n) is 11.3. The smallest absolute Gasteiger partial charge is 0.251 e. The van der Waals surface area contributed by atoms with E-state index in [0.29, 0.717) is 35.5 Å². The lowest BCUT2D eigenvalue weighted by Crippen LogP contribution is -2.32. The molecule has 0 saturated heterocycles. The molecule has 0 aliphatic heterocycles. The van der Waals surface area contributed by atoms with E-state index in [2.05, 4.69) is 22.8 Å². The van der Waals surface area contributed by atoms with Gasteiger partial charge in [-0.3, -0.25) is 9.59 Å². The molecule has 2 aliphatic carbocycles. The molecule has 2 amide bonds. The molecule has 2 aliphatic rings. The number of nitrogens with one attached hydrogen (secondary N) is 2. The first-order chi connectivity index (χ1) is 16.0. The molecule has 0 radical (unpaired) electrons. The van der Waals surface area contributed by atoms with Gasteiger partial charge in [-0.25, -0.2) is 0 Å². The predicted molar refractivity (Wildman–Crippen MR) is 121 cm³/mol. The molecule has 7 nitrogen and oxygen atoms in total. The van der Waals surface area contributed by atoms with Crippen molar-refractivity contribution in [3.63, 3.8) is 0 Å². The molecule has 7 heteroatoms. The Morgan fingerprint density at radius 3 is 1.42 bits per heavy atom. The second-order valence-electron chi connectivity index (χ2n) is 8.77. The van der Waals surface area contributed by atoms with Crippen molar-refractivity contribution in [1.82, 2.24) is 10.6 Å². The summed E-state index contributed by atoms with van der Waals surface area (Å²) in [5.41, 5.74) is 1.08. The van der Waals surface area contributed by atoms with E-state index < -0.39 is 0 Å². The first kappa shape index (κ1) is 22.4. The van der Waals surface area contributed by atoms with Crippen molar-refractivity contribution in [3.05, 3.63) is 59.7 Å². The fourth-order valence-corrected chi connectivity index (χ4v) is 4.48. The van der Waals surface area contributed by atoms with Crippen molar-refractivity contribution in [1.29, 1.82) is 10.5 Å². The van der Waals surface area contributed by atoms with Crippen LogP contribution in [0.4, 0.5) is 0 Å². The molecular weight excluding hydrogens is 416 g/mol. The Labute approximate surface area is 193 Å². The van der Waals surface area contributed by atoms with Crippen LogP contribution >= 0.6 is 0 Å². The third-order valence-electron chi connectivity index (χ3n) is 6.37. The Morgan fingerprint density at radius 2 is 1.09 bits per heavy atom. The van der Waals surface area contributed by atoms with Crippen LogP contribution in [0.3, 0.4) is 0 Å². The SMILES string of the molecule is N#CC1CCC(NC(=O)c2ccc(Oc3ccc(C(=O)NC4CCC(C#N)C4)cc3)cc2)C1. The predicted octanol–water partition coefficient (Wildman–Crippen LogP) is 4.32. The molecule has 4 rings (SSSR count). The largest absolute Gasteiger partial charge is 0.457 e. The van der Waals surface area contributed by atoms with E-state index in [0.717, 1.165) is 25.7 Å². The van der Waals surface area contributed by atoms with E-state index >= 15 is 0 Å². The Kier molecular flexibility index (Phi) is 6.90. The number of carbonyl (C=O) groups is 2. The maximum absolute atomic E-state index is 12.4. The lowest BCUT2D eigenvalue weighted by molar-refractivity contribution is 0.0929. The van der Waals surface area contributed by atoms with Gasteiger partial charge in [0.05, 0.1) is 12.1 Å². The van der Waals surface area contributed by atoms with Gasteiger partial charge in [-0.15, -0.1) is 0 Å². The molecule has 33 heavy (non-hydrogen) atoms. The highest BCUT2D eigenvalue weighted by atomic mass is 16.5. The summed E-state index contributed by atoms with van der Waals surface area (Å²) < 4.78 is 5.84. The zero-order valence-corrected chi connectivity index (χ0v) is 18.3. The fraction of sp³-hybridized carbons (Fsp3) is 0.385. The zero-order valence-electron chi connectivity index (χ0n) is 18.3. The van der Waals surface area contributed by atoms with Crippen LogP contribution in [-0.2, 0) is 0 Å². The number of ether oxygens (including phenoxy) is 1. The van der Waals surface area contributed by atoms with Gasteiger partial charge in [0.1, 0.15) is 11.5 Å². The van der Waals surface area contributed by atoms with Gasteiger partial charge in [0.25, 0.3) is 11.8 Å². The summed E-state index contributed by atoms with van der Waals surface area (Å²) in [4.78, 5) is 24.9. The Morgan fingerprint density at radius 1 is 0.697 bits per heavy atom. The quantitative estimate of drug-likeness (QED) is 0.691. The monoisotopic (exact) mass is 442 g/mol. The maximum Gasteiger partial charge on any atom is 0.251 e. The average molecular weight is 443 g/mol. The summed E-state index contributed by atoms with van der Waals surface area (Å²) in [6, 6.07) is 18.4. The molecule has 0 heterocycles. The molecule has 2 aromatic rings. The highest BCUT2D eigenvalue weighted by Crippen LogP contribution is 2.27. The lowest BCUT2D eigenvalue weighted by atomic mass is 10.1. The van der Waals surface area contributed by atoms with Gasteiger partial charge in [-0.1, -0.05) is 0 Å². The number of hydrogen-bond acceptors (Lipinski definition) is 5. The number of benzene rings is 2. The Bertz CT molecular complexity index is 995. The van der Waals surface area contributed by atoms with Crippen molar-refractivity contribution in [2.24, 2.45) is 11.8 Å². The van der Waals surface area contributed by atoms with Crippen LogP contribution in [0.1, 0.15) is 59.2 Å². The minimum Gasteiger partial charge on any atom is -0.457 e. The highest BCUT2D eigenvalue weighted by molar-refractivity contribution is 5.95. The summed E-state index contributed by atoms with van der Waals surface area (Å²) in [6.45, 7) is 0. The van der Waals surface area contributed by atoms with Gasteiger partial charge in [0.15, 0.2) is 0 Å². The molecule has 168 valence electrons. The minimum absolute atomic E-state index is 0.0298. The van der Waals surface area contributed by atoms with Crippen LogP contribution in [0, 0.1) is 34.5 Å². The number of carbonyl (C=O) groups excluding carboxylic acids is 2. The average Bonchev–Trinajstić information content (AvgIpc) is 3.49. The van der Waals surface area contributed by atoms with Crippen LogP contribution in [0.5, 0.6) is 11.5 Å². The minimum atomic E-state index is -0.149. The standard InChI is InChI=1S/C26H26N4O3/c27-15-17-1-7-21(13-17)29-25(31)19-3-9-23(10-4-19)33-24-11-5-20(6-12-24)26(32)30-22-8-2-18(14-22)16-28/h3-6,9-12,17-18,21-22H,1-2,7-8,13-14H2,(H,29,31)(H,30,32). The summed E-state index contributed by atoms with van der Waals surface area (Å²) in [5.74, 6) is 0.933. The molecule has 4 unspecified atom stereocenters. The number of nitriles is 2. The highest BCUT2D eigenvalue weighted by Gasteiger charge is 2.26. The van der Waals surface area contributed by atoms with E-state index in [1.54, 1.807) is 48.5 Å². The van der Waals surface area contributed by atoms with Crippen molar-refractivity contribution in [2.45, 2.75) is 50.6 Å². The second-order valence-corrected chi connectivity index (χ2v) is 8.77. The number of nitrogens with zero attached hydrogens (tertiary/aromatic N) is 2. The second kappa shape index (κ2) is 10.2. The molecule has 2 saturated carbocycles. The molecule has 0 aromatic heterocycles. The number of amides is 2. The molecule has 2 aromatic carbocycles. The molecule has 0 bridgehead atoms. The lowest BCUT2D eigenvalue weighted by Gasteiger charge is -2.13. The van der Waals surface area contributed by atoms with E-state index in [4.69, 9.17) is 15.3 Å². The number of hydrogen-bond donors (Lipinski definition) is 2. The third-order valence-corrected chi connectivity index (χ3v) is 6.37. The van der Waals surface area contributed by atoms with Crippen molar-refractivity contribution < 1.29 is 14.3 Å². The normalized spacial score (nSPS) is 23.8. The van der Waals surface area contributed by atoms with E-state index in [-0.39, 0.29) is 35.7 Å². The fourth-order valence-electron chi connectivity index (χ4n) is 4.48. The Hall–Kier alpha value is -3.84. The van der Waals surface area contributed by atoms with Gasteiger partial charge in [-0.2, -0.15) is 10.5 Å². The van der Waals surface area contributed by atoms with E-state index in [1.807, 2.05) is 0 Å². The molecule has 2 fully saturated rings. The summed E-state index contributed by atoms with van der Waals surface area (Å²) >= 11 is 0. The molecular formula is C26H26N4O3. The molecule has 0 spiro atoms. The van der Waals surface area contributed by atoms with Gasteiger partial charge in [0.2, 0.25) is 0 Å². The van der Waals surface area contributed by atoms with Crippen LogP contribution < -0.4 is 15.4 Å². The maximum atomic E-state index is 12.4. The van der Waals surface area contributed by atoms with E-state index in [9.17, 15) is 9.59 Å². The summed E-state index contributed by atoms with van der Waals surface area (Å²) in [6.07, 6.45) is 4.74. The topological polar surface area (TPSA) is 115 Å². The van der Waals surface area contributed by atoms with Gasteiger partial charge < -0.3 is 15.4 Å². The van der Waals surface area contributed by atoms with E-state index in [1.165, 1.54) is 0 Å². The summed E-state index contributed by atoms with van der Waals surface area (Å²) in [7, 11) is 0. The third kappa shape index (κ3) is 5.70. The van der Waals surface area contributed by atoms with Crippen LogP contribution in [0.2, 0.25) is 0 Å². The van der Waals surface area contributed by atoms with Crippen molar-refractivity contribution in [3.8, 4) is 23.6 Å². The van der Waals surface area contributed by atoms with Gasteiger partial charge in [-0.05, 0) is 87.1 Å². The van der Waals surface area contributed by atoms with Crippen molar-refractivity contribution in [2.75, 3.05) is 0 Å². The van der Waals surface area contributed by atoms with Crippen LogP contribution in [-0.4, -0.2) is 23.9 Å². The zero-order chi connectivity index (χ0) is 23.2. The Balaban J connectivity index is 1.28. The summed E-state index contributed by atoms with van der Waals surface area (Å²) in [5, 5.41) is 24.0. The first-order valence-corrected chi connectivity index (χ1v) is 11.3. The van der Waals surface area contributed by atoms with Crippen molar-refractivity contribution >= 4 is 11.8 Å². The van der Waals surface area contributed by atoms with Gasteiger partial charge >= 0.3 is 0 Å².